The number of amides is 1. The lowest BCUT2D eigenvalue weighted by Crippen LogP contribution is -2.24. The van der Waals surface area contributed by atoms with Crippen LogP contribution in [0.1, 0.15) is 30.5 Å². The van der Waals surface area contributed by atoms with Crippen molar-refractivity contribution in [3.05, 3.63) is 59.7 Å². The van der Waals surface area contributed by atoms with Crippen LogP contribution in [0.15, 0.2) is 53.6 Å². The number of carbonyl (C=O) groups excluding carboxylic acids is 1. The van der Waals surface area contributed by atoms with Crippen molar-refractivity contribution < 1.29 is 18.3 Å². The van der Waals surface area contributed by atoms with Gasteiger partial charge in [-0.3, -0.25) is 9.52 Å². The number of hydrazone groups is 1. The van der Waals surface area contributed by atoms with Gasteiger partial charge in [-0.05, 0) is 23.8 Å². The summed E-state index contributed by atoms with van der Waals surface area (Å²) in [4.78, 5) is 12.0. The maximum atomic E-state index is 12.0. The zero-order chi connectivity index (χ0) is 18.9. The van der Waals surface area contributed by atoms with E-state index < -0.39 is 16.1 Å². The number of sulfonamides is 1. The first-order chi connectivity index (χ1) is 12.2. The maximum Gasteiger partial charge on any atom is 0.240 e. The molecule has 8 heteroatoms. The van der Waals surface area contributed by atoms with Crippen LogP contribution in [-0.2, 0) is 14.8 Å². The maximum absolute atomic E-state index is 12.0. The molecule has 1 aliphatic heterocycles. The number of para-hydroxylation sites is 1. The summed E-state index contributed by atoms with van der Waals surface area (Å²) in [6.45, 7) is 1.42. The van der Waals surface area contributed by atoms with Gasteiger partial charge < -0.3 is 5.11 Å². The minimum Gasteiger partial charge on any atom is -0.508 e. The summed E-state index contributed by atoms with van der Waals surface area (Å²) in [5.41, 5.74) is 2.40. The Hall–Kier alpha value is -2.87. The fourth-order valence-corrected chi connectivity index (χ4v) is 3.52. The Morgan fingerprint density at radius 2 is 1.96 bits per heavy atom. The quantitative estimate of drug-likeness (QED) is 0.860. The second-order valence-electron chi connectivity index (χ2n) is 6.14. The number of phenolic OH excluding ortho intramolecular Hbond substituents is 1. The number of benzene rings is 2. The Morgan fingerprint density at radius 1 is 1.23 bits per heavy atom. The van der Waals surface area contributed by atoms with Crippen molar-refractivity contribution in [2.24, 2.45) is 5.10 Å². The number of nitrogens with one attached hydrogen (secondary N) is 1. The summed E-state index contributed by atoms with van der Waals surface area (Å²) in [6, 6.07) is 13.3. The monoisotopic (exact) mass is 373 g/mol. The summed E-state index contributed by atoms with van der Waals surface area (Å²) in [5, 5.41) is 15.9. The van der Waals surface area contributed by atoms with E-state index in [9.17, 15) is 18.3 Å². The van der Waals surface area contributed by atoms with Crippen LogP contribution in [-0.4, -0.2) is 36.4 Å². The lowest BCUT2D eigenvalue weighted by molar-refractivity contribution is -0.130. The van der Waals surface area contributed by atoms with Crippen LogP contribution in [0.5, 0.6) is 5.75 Å². The number of carbonyl (C=O) groups is 1. The molecule has 3 rings (SSSR count). The highest BCUT2D eigenvalue weighted by molar-refractivity contribution is 7.92. The van der Waals surface area contributed by atoms with Gasteiger partial charge >= 0.3 is 0 Å². The predicted molar refractivity (Wildman–Crippen MR) is 99.4 cm³/mol. The van der Waals surface area contributed by atoms with E-state index in [1.807, 2.05) is 0 Å². The summed E-state index contributed by atoms with van der Waals surface area (Å²) >= 11 is 0. The van der Waals surface area contributed by atoms with Crippen LogP contribution in [0.3, 0.4) is 0 Å². The number of hydrogen-bond acceptors (Lipinski definition) is 5. The van der Waals surface area contributed by atoms with Gasteiger partial charge in [0.1, 0.15) is 5.75 Å². The first-order valence-corrected chi connectivity index (χ1v) is 9.87. The van der Waals surface area contributed by atoms with E-state index in [0.717, 1.165) is 6.26 Å². The van der Waals surface area contributed by atoms with Crippen molar-refractivity contribution >= 4 is 27.3 Å². The standard InChI is InChI=1S/C18H19N3O4S/c1-12(22)21-17(15-8-3-4-9-18(15)23)11-16(19-21)13-6-5-7-14(10-13)20-26(2,24)25/h3-10,17,20,23H,11H2,1-2H3. The van der Waals surface area contributed by atoms with Crippen LogP contribution < -0.4 is 4.72 Å². The molecule has 2 aromatic rings. The van der Waals surface area contributed by atoms with Gasteiger partial charge in [0.25, 0.3) is 0 Å². The zero-order valence-corrected chi connectivity index (χ0v) is 15.2. The average molecular weight is 373 g/mol. The Morgan fingerprint density at radius 3 is 2.62 bits per heavy atom. The fraction of sp³-hybridized carbons (Fsp3) is 0.222. The SMILES string of the molecule is CC(=O)N1N=C(c2cccc(NS(C)(=O)=O)c2)CC1c1ccccc1O. The van der Waals surface area contributed by atoms with Gasteiger partial charge in [0.05, 0.1) is 18.0 Å². The third-order valence-corrected chi connectivity index (χ3v) is 4.63. The third kappa shape index (κ3) is 3.85. The van der Waals surface area contributed by atoms with Gasteiger partial charge in [-0.1, -0.05) is 30.3 Å². The minimum atomic E-state index is -3.39. The molecule has 1 unspecified atom stereocenters. The normalized spacial score (nSPS) is 17.1. The third-order valence-electron chi connectivity index (χ3n) is 4.03. The molecule has 0 fully saturated rings. The molecule has 2 N–H and O–H groups in total. The number of phenols is 1. The largest absolute Gasteiger partial charge is 0.508 e. The molecular formula is C18H19N3O4S. The van der Waals surface area contributed by atoms with Crippen molar-refractivity contribution in [1.82, 2.24) is 5.01 Å². The summed E-state index contributed by atoms with van der Waals surface area (Å²) in [7, 11) is -3.39. The van der Waals surface area contributed by atoms with E-state index in [1.54, 1.807) is 48.5 Å². The van der Waals surface area contributed by atoms with Crippen LogP contribution >= 0.6 is 0 Å². The lowest BCUT2D eigenvalue weighted by atomic mass is 9.97. The highest BCUT2D eigenvalue weighted by atomic mass is 32.2. The van der Waals surface area contributed by atoms with Crippen LogP contribution in [0.4, 0.5) is 5.69 Å². The molecule has 26 heavy (non-hydrogen) atoms. The van der Waals surface area contributed by atoms with E-state index in [2.05, 4.69) is 9.82 Å². The van der Waals surface area contributed by atoms with Gasteiger partial charge in [-0.25, -0.2) is 13.4 Å². The van der Waals surface area contributed by atoms with Crippen molar-refractivity contribution in [1.29, 1.82) is 0 Å². The van der Waals surface area contributed by atoms with Crippen LogP contribution in [0.2, 0.25) is 0 Å². The molecule has 0 radical (unpaired) electrons. The topological polar surface area (TPSA) is 99.1 Å². The van der Waals surface area contributed by atoms with Gasteiger partial charge in [0.2, 0.25) is 15.9 Å². The van der Waals surface area contributed by atoms with E-state index in [4.69, 9.17) is 0 Å². The zero-order valence-electron chi connectivity index (χ0n) is 14.4. The van der Waals surface area contributed by atoms with Gasteiger partial charge in [0.15, 0.2) is 0 Å². The first-order valence-electron chi connectivity index (χ1n) is 7.98. The predicted octanol–water partition coefficient (Wildman–Crippen LogP) is 2.46. The molecule has 0 aliphatic carbocycles. The fourth-order valence-electron chi connectivity index (χ4n) is 2.96. The van der Waals surface area contributed by atoms with Crippen molar-refractivity contribution in [3.8, 4) is 5.75 Å². The molecular weight excluding hydrogens is 354 g/mol. The van der Waals surface area contributed by atoms with Crippen LogP contribution in [0.25, 0.3) is 0 Å². The lowest BCUT2D eigenvalue weighted by Gasteiger charge is -2.21. The smallest absolute Gasteiger partial charge is 0.240 e. The van der Waals surface area contributed by atoms with Gasteiger partial charge in [-0.2, -0.15) is 5.10 Å². The molecule has 1 amide bonds. The Balaban J connectivity index is 1.95. The Labute approximate surface area is 152 Å². The second-order valence-corrected chi connectivity index (χ2v) is 7.89. The Kier molecular flexibility index (Phi) is 4.69. The van der Waals surface area contributed by atoms with E-state index in [0.29, 0.717) is 28.9 Å². The molecule has 7 nitrogen and oxygen atoms in total. The highest BCUT2D eigenvalue weighted by Gasteiger charge is 2.32. The average Bonchev–Trinajstić information content (AvgIpc) is 2.99. The second kappa shape index (κ2) is 6.80. The number of nitrogens with zero attached hydrogens (tertiary/aromatic N) is 2. The van der Waals surface area contributed by atoms with E-state index in [-0.39, 0.29) is 11.7 Å². The van der Waals surface area contributed by atoms with E-state index >= 15 is 0 Å². The molecule has 2 aromatic carbocycles. The molecule has 0 bridgehead atoms. The highest BCUT2D eigenvalue weighted by Crippen LogP contribution is 2.37. The van der Waals surface area contributed by atoms with Crippen molar-refractivity contribution in [2.45, 2.75) is 19.4 Å². The molecule has 0 saturated heterocycles. The summed E-state index contributed by atoms with van der Waals surface area (Å²) in [5.74, 6) is -0.133. The number of aromatic hydroxyl groups is 1. The van der Waals surface area contributed by atoms with Crippen molar-refractivity contribution in [2.75, 3.05) is 11.0 Å². The van der Waals surface area contributed by atoms with Gasteiger partial charge in [0, 0.05) is 24.6 Å². The molecule has 1 heterocycles. The van der Waals surface area contributed by atoms with Crippen molar-refractivity contribution in [3.63, 3.8) is 0 Å². The summed E-state index contributed by atoms with van der Waals surface area (Å²) in [6.07, 6.45) is 1.50. The number of rotatable bonds is 4. The molecule has 1 aliphatic rings. The molecule has 0 spiro atoms. The first kappa shape index (κ1) is 17.9. The molecule has 136 valence electrons. The molecule has 0 saturated carbocycles. The molecule has 1 atom stereocenters. The Bertz CT molecular complexity index is 985. The number of hydrogen-bond donors (Lipinski definition) is 2. The number of anilines is 1. The summed E-state index contributed by atoms with van der Waals surface area (Å²) < 4.78 is 25.3. The van der Waals surface area contributed by atoms with Crippen LogP contribution in [0, 0.1) is 0 Å². The molecule has 0 aromatic heterocycles. The minimum absolute atomic E-state index is 0.104. The van der Waals surface area contributed by atoms with Gasteiger partial charge in [-0.15, -0.1) is 0 Å². The van der Waals surface area contributed by atoms with E-state index in [1.165, 1.54) is 11.9 Å².